The highest BCUT2D eigenvalue weighted by molar-refractivity contribution is 7.54. The molecular weight excluding hydrogens is 493 g/mol. The number of carbonyl (C=O) groups excluding carboxylic acids is 3. The third-order valence-electron chi connectivity index (χ3n) is 4.96. The van der Waals surface area contributed by atoms with E-state index >= 15 is 0 Å². The third kappa shape index (κ3) is 10.7. The maximum absolute atomic E-state index is 14.0. The van der Waals surface area contributed by atoms with Crippen LogP contribution in [-0.4, -0.2) is 61.5 Å². The zero-order valence-corrected chi connectivity index (χ0v) is 22.9. The van der Waals surface area contributed by atoms with Gasteiger partial charge in [-0.3, -0.25) is 33.2 Å². The van der Waals surface area contributed by atoms with Crippen LogP contribution in [0.5, 0.6) is 5.75 Å². The van der Waals surface area contributed by atoms with Gasteiger partial charge in [-0.25, -0.2) is 5.06 Å². The van der Waals surface area contributed by atoms with Crippen LogP contribution in [0.1, 0.15) is 53.5 Å². The van der Waals surface area contributed by atoms with Crippen molar-refractivity contribution in [3.8, 4) is 5.75 Å². The van der Waals surface area contributed by atoms with Gasteiger partial charge in [0.1, 0.15) is 5.75 Å². The lowest BCUT2D eigenvalue weighted by molar-refractivity contribution is -0.162. The molecule has 1 amide bonds. The normalized spacial score (nSPS) is 13.0. The number of hydrogen-bond donors (Lipinski definition) is 1. The molecule has 1 unspecified atom stereocenters. The van der Waals surface area contributed by atoms with Crippen LogP contribution in [0.3, 0.4) is 0 Å². The van der Waals surface area contributed by atoms with E-state index < -0.39 is 49.6 Å². The van der Waals surface area contributed by atoms with Crippen LogP contribution in [-0.2, 0) is 43.9 Å². The van der Waals surface area contributed by atoms with Gasteiger partial charge in [-0.15, -0.1) is 0 Å². The van der Waals surface area contributed by atoms with Crippen molar-refractivity contribution < 1.29 is 47.4 Å². The summed E-state index contributed by atoms with van der Waals surface area (Å²) in [6.07, 6.45) is 0.362. The summed E-state index contributed by atoms with van der Waals surface area (Å²) in [4.78, 5) is 35.2. The summed E-state index contributed by atoms with van der Waals surface area (Å²) in [6.45, 7) is 8.39. The largest absolute Gasteiger partial charge is 0.497 e. The Bertz CT molecular complexity index is 869. The number of amides is 1. The second-order valence-corrected chi connectivity index (χ2v) is 12.5. The summed E-state index contributed by atoms with van der Waals surface area (Å²) in [5.41, 5.74) is -1.80. The van der Waals surface area contributed by atoms with Crippen molar-refractivity contribution in [2.75, 3.05) is 27.2 Å². The number of carbonyl (C=O) groups is 3. The van der Waals surface area contributed by atoms with E-state index in [0.29, 0.717) is 10.8 Å². The minimum absolute atomic E-state index is 0.00101. The van der Waals surface area contributed by atoms with Crippen molar-refractivity contribution in [1.82, 2.24) is 5.06 Å². The molecule has 0 aromatic heterocycles. The van der Waals surface area contributed by atoms with E-state index in [-0.39, 0.29) is 25.8 Å². The molecule has 12 heteroatoms. The standard InChI is InChI=1S/C24H38NO10P/c1-23(2,3)21(27)32-16-34-36(30,35-17-33-22(28)24(4,5)6)20(12-13-25(29)15-26)14-18-8-10-19(31-7)11-9-18/h8-11,15,20,29H,12-14,16-17H2,1-7H3. The van der Waals surface area contributed by atoms with Gasteiger partial charge < -0.3 is 14.2 Å². The second-order valence-electron chi connectivity index (χ2n) is 10.2. The number of benzene rings is 1. The van der Waals surface area contributed by atoms with Crippen molar-refractivity contribution in [2.45, 2.75) is 60.0 Å². The van der Waals surface area contributed by atoms with Gasteiger partial charge in [0.2, 0.25) is 20.0 Å². The molecule has 0 bridgehead atoms. The molecule has 0 saturated carbocycles. The highest BCUT2D eigenvalue weighted by Gasteiger charge is 2.38. The molecule has 1 aromatic rings. The van der Waals surface area contributed by atoms with Gasteiger partial charge in [0.15, 0.2) is 0 Å². The van der Waals surface area contributed by atoms with Gasteiger partial charge in [-0.1, -0.05) is 12.1 Å². The van der Waals surface area contributed by atoms with Gasteiger partial charge in [-0.05, 0) is 72.1 Å². The van der Waals surface area contributed by atoms with Crippen molar-refractivity contribution >= 4 is 25.9 Å². The van der Waals surface area contributed by atoms with Gasteiger partial charge in [0, 0.05) is 6.54 Å². The lowest BCUT2D eigenvalue weighted by Crippen LogP contribution is -2.28. The van der Waals surface area contributed by atoms with Crippen LogP contribution in [0.25, 0.3) is 0 Å². The first-order chi connectivity index (χ1) is 16.6. The maximum atomic E-state index is 14.0. The molecule has 0 saturated heterocycles. The lowest BCUT2D eigenvalue weighted by Gasteiger charge is -2.28. The summed E-state index contributed by atoms with van der Waals surface area (Å²) in [5, 5.41) is 10.0. The van der Waals surface area contributed by atoms with Crippen LogP contribution in [0.4, 0.5) is 0 Å². The Hall–Kier alpha value is -2.46. The van der Waals surface area contributed by atoms with E-state index in [2.05, 4.69) is 0 Å². The zero-order valence-electron chi connectivity index (χ0n) is 22.0. The Morgan fingerprint density at radius 1 is 0.972 bits per heavy atom. The number of methoxy groups -OCH3 is 1. The SMILES string of the molecule is COc1ccc(CC(CCN(O)C=O)P(=O)(OCOC(=O)C(C)(C)C)OCOC(=O)C(C)(C)C)cc1. The van der Waals surface area contributed by atoms with Crippen molar-refractivity contribution in [3.63, 3.8) is 0 Å². The van der Waals surface area contributed by atoms with Crippen LogP contribution < -0.4 is 4.74 Å². The molecule has 0 aliphatic rings. The Morgan fingerprint density at radius 2 is 1.44 bits per heavy atom. The molecule has 1 atom stereocenters. The van der Waals surface area contributed by atoms with Crippen molar-refractivity contribution in [3.05, 3.63) is 29.8 Å². The fraction of sp³-hybridized carbons (Fsp3) is 0.625. The van der Waals surface area contributed by atoms with Crippen molar-refractivity contribution in [1.29, 1.82) is 0 Å². The molecule has 0 fully saturated rings. The smallest absolute Gasteiger partial charge is 0.339 e. The average Bonchev–Trinajstić information content (AvgIpc) is 2.80. The number of nitrogens with zero attached hydrogens (tertiary/aromatic N) is 1. The molecule has 1 aromatic carbocycles. The molecule has 0 spiro atoms. The van der Waals surface area contributed by atoms with Gasteiger partial charge >= 0.3 is 19.5 Å². The molecular formula is C24H38NO10P. The number of rotatable bonds is 14. The number of ether oxygens (including phenoxy) is 3. The first-order valence-corrected chi connectivity index (χ1v) is 13.0. The van der Waals surface area contributed by atoms with Crippen LogP contribution in [0.15, 0.2) is 24.3 Å². The first-order valence-electron chi connectivity index (χ1n) is 11.4. The summed E-state index contributed by atoms with van der Waals surface area (Å²) < 4.78 is 40.3. The van der Waals surface area contributed by atoms with Crippen molar-refractivity contribution in [2.24, 2.45) is 10.8 Å². The van der Waals surface area contributed by atoms with E-state index in [1.807, 2.05) is 0 Å². The Balaban J connectivity index is 3.18. The Morgan fingerprint density at radius 3 is 1.83 bits per heavy atom. The van der Waals surface area contributed by atoms with Crippen LogP contribution in [0.2, 0.25) is 0 Å². The molecule has 11 nitrogen and oxygen atoms in total. The number of hydroxylamine groups is 2. The predicted molar refractivity (Wildman–Crippen MR) is 130 cm³/mol. The molecule has 1 rings (SSSR count). The predicted octanol–water partition coefficient (Wildman–Crippen LogP) is 4.16. The highest BCUT2D eigenvalue weighted by atomic mass is 31.2. The van der Waals surface area contributed by atoms with Gasteiger partial charge in [0.05, 0.1) is 23.6 Å². The summed E-state index contributed by atoms with van der Waals surface area (Å²) in [5.74, 6) is -0.540. The lowest BCUT2D eigenvalue weighted by atomic mass is 9.98. The molecule has 204 valence electrons. The van der Waals surface area contributed by atoms with E-state index in [9.17, 15) is 24.2 Å². The first kappa shape index (κ1) is 31.6. The molecule has 1 N–H and O–H groups in total. The molecule has 36 heavy (non-hydrogen) atoms. The minimum Gasteiger partial charge on any atom is -0.497 e. The van der Waals surface area contributed by atoms with E-state index in [4.69, 9.17) is 23.3 Å². The molecule has 0 aliphatic carbocycles. The Kier molecular flexibility index (Phi) is 12.0. The second kappa shape index (κ2) is 13.7. The third-order valence-corrected chi connectivity index (χ3v) is 7.23. The monoisotopic (exact) mass is 531 g/mol. The van der Waals surface area contributed by atoms with E-state index in [1.165, 1.54) is 7.11 Å². The van der Waals surface area contributed by atoms with Gasteiger partial charge in [0.25, 0.3) is 0 Å². The minimum atomic E-state index is -4.14. The summed E-state index contributed by atoms with van der Waals surface area (Å²) in [6, 6.07) is 6.95. The molecule has 0 radical (unpaired) electrons. The van der Waals surface area contributed by atoms with Crippen LogP contribution >= 0.6 is 7.60 Å². The average molecular weight is 532 g/mol. The topological polar surface area (TPSA) is 138 Å². The van der Waals surface area contributed by atoms with E-state index in [0.717, 1.165) is 5.56 Å². The Labute approximate surface area is 212 Å². The summed E-state index contributed by atoms with van der Waals surface area (Å²) in [7, 11) is -2.61. The fourth-order valence-corrected chi connectivity index (χ4v) is 4.49. The van der Waals surface area contributed by atoms with Gasteiger partial charge in [-0.2, -0.15) is 0 Å². The summed E-state index contributed by atoms with van der Waals surface area (Å²) >= 11 is 0. The fourth-order valence-electron chi connectivity index (χ4n) is 2.73. The van der Waals surface area contributed by atoms with Crippen LogP contribution in [0, 0.1) is 10.8 Å². The molecule has 0 heterocycles. The zero-order chi connectivity index (χ0) is 27.6. The molecule has 0 aliphatic heterocycles. The highest BCUT2D eigenvalue weighted by Crippen LogP contribution is 2.55. The quantitative estimate of drug-likeness (QED) is 0.0930. The number of hydrogen-bond acceptors (Lipinski definition) is 10. The maximum Gasteiger partial charge on any atom is 0.339 e. The van der Waals surface area contributed by atoms with E-state index in [1.54, 1.807) is 65.8 Å². The number of esters is 2.